The fourth-order valence-corrected chi connectivity index (χ4v) is 2.99. The number of aryl methyl sites for hydroxylation is 2. The molecule has 0 atom stereocenters. The lowest BCUT2D eigenvalue weighted by atomic mass is 9.74. The summed E-state index contributed by atoms with van der Waals surface area (Å²) in [7, 11) is 3.75. The van der Waals surface area contributed by atoms with Crippen molar-refractivity contribution in [1.82, 2.24) is 5.32 Å². The maximum absolute atomic E-state index is 5.51. The highest BCUT2D eigenvalue weighted by molar-refractivity contribution is 5.46. The first-order chi connectivity index (χ1) is 9.13. The van der Waals surface area contributed by atoms with Gasteiger partial charge in [0.2, 0.25) is 0 Å². The number of rotatable bonds is 6. The summed E-state index contributed by atoms with van der Waals surface area (Å²) in [6.07, 6.45) is 2.36. The van der Waals surface area contributed by atoms with Gasteiger partial charge >= 0.3 is 0 Å². The molecule has 2 rings (SSSR count). The van der Waals surface area contributed by atoms with Crippen molar-refractivity contribution in [3.63, 3.8) is 0 Å². The lowest BCUT2D eigenvalue weighted by Crippen LogP contribution is -2.47. The minimum atomic E-state index is 0.221. The molecule has 0 radical (unpaired) electrons. The fourth-order valence-electron chi connectivity index (χ4n) is 2.99. The Hall–Kier alpha value is -1.06. The number of hydrogen-bond acceptors (Lipinski definition) is 3. The van der Waals surface area contributed by atoms with E-state index in [9.17, 15) is 0 Å². The quantitative estimate of drug-likeness (QED) is 0.800. The van der Waals surface area contributed by atoms with E-state index in [4.69, 9.17) is 9.47 Å². The van der Waals surface area contributed by atoms with Crippen molar-refractivity contribution < 1.29 is 9.47 Å². The standard InChI is InChI=1S/C16H25NO2/c1-12-8-14(9-13(2)15(12)18-4)16(10-19-11-16)6-5-7-17-3/h8-9,17H,5-7,10-11H2,1-4H3. The molecule has 0 aliphatic carbocycles. The van der Waals surface area contributed by atoms with Crippen LogP contribution in [0.2, 0.25) is 0 Å². The molecule has 0 bridgehead atoms. The van der Waals surface area contributed by atoms with Gasteiger partial charge < -0.3 is 14.8 Å². The summed E-state index contributed by atoms with van der Waals surface area (Å²) in [4.78, 5) is 0. The van der Waals surface area contributed by atoms with Crippen LogP contribution in [0.15, 0.2) is 12.1 Å². The second-order valence-corrected chi connectivity index (χ2v) is 5.62. The van der Waals surface area contributed by atoms with Crippen molar-refractivity contribution in [3.8, 4) is 5.75 Å². The van der Waals surface area contributed by atoms with Crippen LogP contribution in [0.25, 0.3) is 0 Å². The first kappa shape index (κ1) is 14.4. The molecule has 0 spiro atoms. The van der Waals surface area contributed by atoms with E-state index in [0.29, 0.717) is 0 Å². The monoisotopic (exact) mass is 263 g/mol. The average Bonchev–Trinajstić information content (AvgIpc) is 2.32. The lowest BCUT2D eigenvalue weighted by molar-refractivity contribution is -0.0651. The van der Waals surface area contributed by atoms with E-state index in [1.165, 1.54) is 29.5 Å². The van der Waals surface area contributed by atoms with Crippen LogP contribution in [0, 0.1) is 13.8 Å². The number of nitrogens with one attached hydrogen (secondary N) is 1. The largest absolute Gasteiger partial charge is 0.496 e. The predicted molar refractivity (Wildman–Crippen MR) is 78.1 cm³/mol. The molecule has 1 heterocycles. The first-order valence-corrected chi connectivity index (χ1v) is 7.01. The van der Waals surface area contributed by atoms with Crippen LogP contribution in [0.5, 0.6) is 5.75 Å². The molecule has 1 aliphatic heterocycles. The normalized spacial score (nSPS) is 17.1. The number of hydrogen-bond donors (Lipinski definition) is 1. The molecular formula is C16H25NO2. The van der Waals surface area contributed by atoms with Gasteiger partial charge in [0.1, 0.15) is 5.75 Å². The van der Waals surface area contributed by atoms with Gasteiger partial charge in [0, 0.05) is 5.41 Å². The molecule has 0 aromatic heterocycles. The van der Waals surface area contributed by atoms with Crippen molar-refractivity contribution in [1.29, 1.82) is 0 Å². The molecule has 106 valence electrons. The Morgan fingerprint density at radius 3 is 2.32 bits per heavy atom. The van der Waals surface area contributed by atoms with E-state index < -0.39 is 0 Å². The Morgan fingerprint density at radius 1 is 1.26 bits per heavy atom. The summed E-state index contributed by atoms with van der Waals surface area (Å²) >= 11 is 0. The third-order valence-corrected chi connectivity index (χ3v) is 4.12. The van der Waals surface area contributed by atoms with Crippen LogP contribution in [-0.4, -0.2) is 33.9 Å². The predicted octanol–water partition coefficient (Wildman–Crippen LogP) is 2.58. The molecule has 0 unspecified atom stereocenters. The molecular weight excluding hydrogens is 238 g/mol. The molecule has 1 aromatic carbocycles. The van der Waals surface area contributed by atoms with Crippen LogP contribution >= 0.6 is 0 Å². The molecule has 1 aliphatic rings. The first-order valence-electron chi connectivity index (χ1n) is 7.01. The van der Waals surface area contributed by atoms with Crippen molar-refractivity contribution in [3.05, 3.63) is 28.8 Å². The molecule has 3 heteroatoms. The zero-order chi connectivity index (χ0) is 13.9. The van der Waals surface area contributed by atoms with Crippen molar-refractivity contribution in [2.45, 2.75) is 32.1 Å². The van der Waals surface area contributed by atoms with Gasteiger partial charge in [0.15, 0.2) is 0 Å². The van der Waals surface area contributed by atoms with Crippen LogP contribution in [0.1, 0.15) is 29.5 Å². The second-order valence-electron chi connectivity index (χ2n) is 5.62. The summed E-state index contributed by atoms with van der Waals surface area (Å²) in [5, 5.41) is 3.22. The highest BCUT2D eigenvalue weighted by Crippen LogP contribution is 2.39. The summed E-state index contributed by atoms with van der Waals surface area (Å²) in [5.41, 5.74) is 4.07. The van der Waals surface area contributed by atoms with Gasteiger partial charge in [-0.25, -0.2) is 0 Å². The molecule has 3 nitrogen and oxygen atoms in total. The van der Waals surface area contributed by atoms with E-state index in [0.717, 1.165) is 25.5 Å². The smallest absolute Gasteiger partial charge is 0.124 e. The molecule has 1 fully saturated rings. The van der Waals surface area contributed by atoms with Gasteiger partial charge in [-0.1, -0.05) is 12.1 Å². The van der Waals surface area contributed by atoms with E-state index in [2.05, 4.69) is 31.3 Å². The Balaban J connectivity index is 2.23. The van der Waals surface area contributed by atoms with E-state index in [-0.39, 0.29) is 5.41 Å². The lowest BCUT2D eigenvalue weighted by Gasteiger charge is -2.42. The summed E-state index contributed by atoms with van der Waals surface area (Å²) < 4.78 is 11.0. The molecule has 1 saturated heterocycles. The average molecular weight is 263 g/mol. The third-order valence-electron chi connectivity index (χ3n) is 4.12. The topological polar surface area (TPSA) is 30.5 Å². The minimum Gasteiger partial charge on any atom is -0.496 e. The summed E-state index contributed by atoms with van der Waals surface area (Å²) in [6.45, 7) is 7.01. The van der Waals surface area contributed by atoms with Crippen molar-refractivity contribution in [2.24, 2.45) is 0 Å². The summed E-state index contributed by atoms with van der Waals surface area (Å²) in [6, 6.07) is 4.54. The van der Waals surface area contributed by atoms with Gasteiger partial charge in [-0.15, -0.1) is 0 Å². The third kappa shape index (κ3) is 2.77. The Labute approximate surface area is 116 Å². The van der Waals surface area contributed by atoms with E-state index in [1.807, 2.05) is 7.05 Å². The summed E-state index contributed by atoms with van der Waals surface area (Å²) in [5.74, 6) is 1.01. The van der Waals surface area contributed by atoms with Gasteiger partial charge in [-0.05, 0) is 57.0 Å². The number of methoxy groups -OCH3 is 1. The fraction of sp³-hybridized carbons (Fsp3) is 0.625. The Bertz CT molecular complexity index is 415. The zero-order valence-corrected chi connectivity index (χ0v) is 12.5. The van der Waals surface area contributed by atoms with Crippen molar-refractivity contribution >= 4 is 0 Å². The molecule has 19 heavy (non-hydrogen) atoms. The van der Waals surface area contributed by atoms with E-state index in [1.54, 1.807) is 7.11 Å². The molecule has 0 saturated carbocycles. The maximum Gasteiger partial charge on any atom is 0.124 e. The van der Waals surface area contributed by atoms with Crippen LogP contribution in [0.4, 0.5) is 0 Å². The van der Waals surface area contributed by atoms with Crippen LogP contribution in [-0.2, 0) is 10.2 Å². The number of ether oxygens (including phenoxy) is 2. The van der Waals surface area contributed by atoms with Crippen LogP contribution < -0.4 is 10.1 Å². The maximum atomic E-state index is 5.51. The minimum absolute atomic E-state index is 0.221. The highest BCUT2D eigenvalue weighted by atomic mass is 16.5. The Morgan fingerprint density at radius 2 is 1.89 bits per heavy atom. The Kier molecular flexibility index (Phi) is 4.48. The van der Waals surface area contributed by atoms with Crippen LogP contribution in [0.3, 0.4) is 0 Å². The number of benzene rings is 1. The van der Waals surface area contributed by atoms with Gasteiger partial charge in [0.25, 0.3) is 0 Å². The SMILES string of the molecule is CNCCCC1(c2cc(C)c(OC)c(C)c2)COC1. The van der Waals surface area contributed by atoms with Gasteiger partial charge in [-0.2, -0.15) is 0 Å². The van der Waals surface area contributed by atoms with Gasteiger partial charge in [0.05, 0.1) is 20.3 Å². The molecule has 0 amide bonds. The van der Waals surface area contributed by atoms with Gasteiger partial charge in [-0.3, -0.25) is 0 Å². The zero-order valence-electron chi connectivity index (χ0n) is 12.5. The second kappa shape index (κ2) is 5.93. The molecule has 1 aromatic rings. The van der Waals surface area contributed by atoms with E-state index >= 15 is 0 Å². The van der Waals surface area contributed by atoms with Crippen molar-refractivity contribution in [2.75, 3.05) is 33.9 Å². The highest BCUT2D eigenvalue weighted by Gasteiger charge is 2.40. The molecule has 1 N–H and O–H groups in total.